The van der Waals surface area contributed by atoms with Gasteiger partial charge in [0.15, 0.2) is 0 Å². The Hall–Kier alpha value is -2.11. The molecule has 1 amide bonds. The van der Waals surface area contributed by atoms with Crippen molar-refractivity contribution in [1.29, 1.82) is 5.26 Å². The van der Waals surface area contributed by atoms with Gasteiger partial charge in [-0.3, -0.25) is 14.2 Å². The van der Waals surface area contributed by atoms with E-state index in [4.69, 9.17) is 10.00 Å². The molecular weight excluding hydrogens is 394 g/mol. The van der Waals surface area contributed by atoms with Crippen LogP contribution in [0, 0.1) is 18.3 Å². The molecule has 0 unspecified atom stereocenters. The highest BCUT2D eigenvalue weighted by Crippen LogP contribution is 2.24. The van der Waals surface area contributed by atoms with Crippen LogP contribution in [0.15, 0.2) is 27.5 Å². The minimum absolute atomic E-state index is 0.201. The maximum atomic E-state index is 12.3. The number of amides is 1. The van der Waals surface area contributed by atoms with Crippen LogP contribution in [-0.2, 0) is 6.54 Å². The number of hydrogen-bond donors (Lipinski definition) is 1. The molecule has 0 saturated carbocycles. The van der Waals surface area contributed by atoms with Crippen LogP contribution < -0.4 is 14.9 Å². The Morgan fingerprint density at radius 2 is 2.25 bits per heavy atom. The fraction of sp³-hybridized carbons (Fsp3) is 0.312. The van der Waals surface area contributed by atoms with Gasteiger partial charge in [0.1, 0.15) is 10.6 Å². The first-order valence-electron chi connectivity index (χ1n) is 7.15. The van der Waals surface area contributed by atoms with Crippen molar-refractivity contribution in [3.05, 3.63) is 48.5 Å². The highest BCUT2D eigenvalue weighted by Gasteiger charge is 2.18. The number of halogens is 1. The molecular formula is C16H16BrN3O3S. The van der Waals surface area contributed by atoms with Crippen molar-refractivity contribution >= 4 is 33.2 Å². The monoisotopic (exact) mass is 409 g/mol. The molecule has 1 aromatic carbocycles. The van der Waals surface area contributed by atoms with E-state index in [0.717, 1.165) is 21.4 Å². The van der Waals surface area contributed by atoms with Crippen LogP contribution in [-0.4, -0.2) is 24.1 Å². The van der Waals surface area contributed by atoms with Gasteiger partial charge in [-0.05, 0) is 30.7 Å². The molecule has 2 rings (SSSR count). The number of nitrogens with one attached hydrogen (secondary N) is 1. The smallest absolute Gasteiger partial charge is 0.308 e. The van der Waals surface area contributed by atoms with E-state index in [0.29, 0.717) is 22.9 Å². The molecule has 0 saturated heterocycles. The van der Waals surface area contributed by atoms with Crippen LogP contribution in [0.4, 0.5) is 0 Å². The molecule has 0 fully saturated rings. The minimum atomic E-state index is -0.326. The first-order valence-corrected chi connectivity index (χ1v) is 8.76. The Balaban J connectivity index is 2.28. The van der Waals surface area contributed by atoms with Crippen molar-refractivity contribution in [3.8, 4) is 11.8 Å². The summed E-state index contributed by atoms with van der Waals surface area (Å²) in [6.45, 7) is 2.35. The third kappa shape index (κ3) is 4.04. The van der Waals surface area contributed by atoms with E-state index in [1.807, 2.05) is 24.3 Å². The molecule has 2 aromatic rings. The number of benzene rings is 1. The maximum Gasteiger partial charge on any atom is 0.308 e. The second-order valence-corrected chi connectivity index (χ2v) is 6.81. The van der Waals surface area contributed by atoms with Crippen LogP contribution in [0.2, 0.25) is 0 Å². The third-order valence-corrected chi connectivity index (χ3v) is 5.31. The van der Waals surface area contributed by atoms with Crippen molar-refractivity contribution in [2.45, 2.75) is 19.9 Å². The molecule has 0 aliphatic heterocycles. The van der Waals surface area contributed by atoms with Gasteiger partial charge >= 0.3 is 4.87 Å². The van der Waals surface area contributed by atoms with Crippen LogP contribution in [0.1, 0.15) is 27.3 Å². The third-order valence-electron chi connectivity index (χ3n) is 3.45. The molecule has 1 aromatic heterocycles. The summed E-state index contributed by atoms with van der Waals surface area (Å²) in [5.41, 5.74) is 1.49. The lowest BCUT2D eigenvalue weighted by Gasteiger charge is -2.10. The zero-order valence-corrected chi connectivity index (χ0v) is 15.7. The summed E-state index contributed by atoms with van der Waals surface area (Å²) in [7, 11) is 1.58. The minimum Gasteiger partial charge on any atom is -0.497 e. The molecule has 0 aliphatic carbocycles. The van der Waals surface area contributed by atoms with Gasteiger partial charge in [-0.2, -0.15) is 5.26 Å². The van der Waals surface area contributed by atoms with Crippen molar-refractivity contribution in [1.82, 2.24) is 9.88 Å². The molecule has 24 heavy (non-hydrogen) atoms. The highest BCUT2D eigenvalue weighted by molar-refractivity contribution is 9.10. The molecule has 0 spiro atoms. The standard InChI is InChI=1S/C16H16BrN3O3S/c1-10-14(15(21)19-7-3-6-18)24-16(22)20(10)9-11-8-12(23-2)4-5-13(11)17/h4-5,8H,3,7,9H2,1-2H3,(H,19,21). The molecule has 0 aliphatic rings. The number of nitriles is 1. The van der Waals surface area contributed by atoms with Gasteiger partial charge in [0, 0.05) is 16.7 Å². The Kier molecular flexibility index (Phi) is 6.17. The van der Waals surface area contributed by atoms with E-state index in [9.17, 15) is 9.59 Å². The van der Waals surface area contributed by atoms with Gasteiger partial charge in [0.2, 0.25) is 0 Å². The highest BCUT2D eigenvalue weighted by atomic mass is 79.9. The molecule has 0 atom stereocenters. The summed E-state index contributed by atoms with van der Waals surface area (Å²) >= 11 is 4.37. The zero-order valence-electron chi connectivity index (χ0n) is 13.3. The first kappa shape index (κ1) is 18.2. The molecule has 1 heterocycles. The second-order valence-electron chi connectivity index (χ2n) is 4.99. The summed E-state index contributed by atoms with van der Waals surface area (Å²) in [6.07, 6.45) is 0.233. The Bertz CT molecular complexity index is 851. The zero-order chi connectivity index (χ0) is 17.7. The first-order chi connectivity index (χ1) is 11.5. The number of ether oxygens (including phenoxy) is 1. The molecule has 0 bridgehead atoms. The van der Waals surface area contributed by atoms with E-state index in [2.05, 4.69) is 21.2 Å². The molecule has 0 radical (unpaired) electrons. The number of carbonyl (C=O) groups is 1. The van der Waals surface area contributed by atoms with E-state index in [1.165, 1.54) is 0 Å². The van der Waals surface area contributed by atoms with Crippen molar-refractivity contribution in [3.63, 3.8) is 0 Å². The predicted octanol–water partition coefficient (Wildman–Crippen LogP) is 2.68. The van der Waals surface area contributed by atoms with Crippen molar-refractivity contribution < 1.29 is 9.53 Å². The van der Waals surface area contributed by atoms with E-state index < -0.39 is 0 Å². The SMILES string of the molecule is COc1ccc(Br)c(Cn2c(C)c(C(=O)NCCC#N)sc2=O)c1. The lowest BCUT2D eigenvalue weighted by atomic mass is 10.2. The molecule has 8 heteroatoms. The van der Waals surface area contributed by atoms with Gasteiger partial charge in [-0.25, -0.2) is 0 Å². The quantitative estimate of drug-likeness (QED) is 0.743. The van der Waals surface area contributed by atoms with Gasteiger partial charge in [0.05, 0.1) is 26.1 Å². The number of hydrogen-bond acceptors (Lipinski definition) is 5. The van der Waals surface area contributed by atoms with E-state index in [1.54, 1.807) is 18.6 Å². The number of thiazole rings is 1. The van der Waals surface area contributed by atoms with E-state index >= 15 is 0 Å². The van der Waals surface area contributed by atoms with Crippen molar-refractivity contribution in [2.75, 3.05) is 13.7 Å². The average Bonchev–Trinajstić information content (AvgIpc) is 2.85. The summed E-state index contributed by atoms with van der Waals surface area (Å²) in [5.74, 6) is 0.372. The summed E-state index contributed by atoms with van der Waals surface area (Å²) in [4.78, 5) is 24.6. The average molecular weight is 410 g/mol. The van der Waals surface area contributed by atoms with Gasteiger partial charge < -0.3 is 10.1 Å². The molecule has 126 valence electrons. The normalized spacial score (nSPS) is 10.2. The van der Waals surface area contributed by atoms with Crippen LogP contribution in [0.5, 0.6) is 5.75 Å². The lowest BCUT2D eigenvalue weighted by Crippen LogP contribution is -2.24. The van der Waals surface area contributed by atoms with E-state index in [-0.39, 0.29) is 23.7 Å². The Morgan fingerprint density at radius 3 is 2.92 bits per heavy atom. The van der Waals surface area contributed by atoms with Crippen LogP contribution in [0.25, 0.3) is 0 Å². The van der Waals surface area contributed by atoms with Gasteiger partial charge in [-0.1, -0.05) is 27.3 Å². The summed E-state index contributed by atoms with van der Waals surface area (Å²) in [5, 5.41) is 11.2. The van der Waals surface area contributed by atoms with Gasteiger partial charge in [-0.15, -0.1) is 0 Å². The molecule has 1 N–H and O–H groups in total. The van der Waals surface area contributed by atoms with Crippen molar-refractivity contribution in [2.24, 2.45) is 0 Å². The maximum absolute atomic E-state index is 12.3. The Labute approximate surface area is 151 Å². The largest absolute Gasteiger partial charge is 0.497 e. The summed E-state index contributed by atoms with van der Waals surface area (Å²) < 4.78 is 7.63. The molecule has 6 nitrogen and oxygen atoms in total. The predicted molar refractivity (Wildman–Crippen MR) is 95.7 cm³/mol. The number of aromatic nitrogens is 1. The fourth-order valence-electron chi connectivity index (χ4n) is 2.15. The van der Waals surface area contributed by atoms with Crippen LogP contribution >= 0.6 is 27.3 Å². The topological polar surface area (TPSA) is 84.1 Å². The number of carbonyl (C=O) groups excluding carboxylic acids is 1. The number of rotatable bonds is 6. The second kappa shape index (κ2) is 8.13. The number of nitrogens with zero attached hydrogens (tertiary/aromatic N) is 2. The lowest BCUT2D eigenvalue weighted by molar-refractivity contribution is 0.0957. The number of methoxy groups -OCH3 is 1. The fourth-order valence-corrected chi connectivity index (χ4v) is 3.43. The summed E-state index contributed by atoms with van der Waals surface area (Å²) in [6, 6.07) is 7.49. The van der Waals surface area contributed by atoms with Gasteiger partial charge in [0.25, 0.3) is 5.91 Å². The van der Waals surface area contributed by atoms with Crippen LogP contribution in [0.3, 0.4) is 0 Å². The Morgan fingerprint density at radius 1 is 1.50 bits per heavy atom.